The monoisotopic (exact) mass is 427 g/mol. The number of hydrogen-bond donors (Lipinski definition) is 2. The molecule has 0 aromatic heterocycles. The zero-order chi connectivity index (χ0) is 15.7. The molecule has 2 aromatic carbocycles. The molecule has 0 aliphatic carbocycles. The third-order valence-corrected chi connectivity index (χ3v) is 3.54. The zero-order valence-electron chi connectivity index (χ0n) is 10.1. The summed E-state index contributed by atoms with van der Waals surface area (Å²) in [5.74, 6) is -7.45. The van der Waals surface area contributed by atoms with Crippen molar-refractivity contribution >= 4 is 45.8 Å². The molecular formula is C13H6ClF3INO2. The molecule has 0 saturated carbocycles. The minimum Gasteiger partial charge on any atom is -0.503 e. The van der Waals surface area contributed by atoms with Crippen LogP contribution in [-0.4, -0.2) is 11.0 Å². The molecule has 0 heterocycles. The van der Waals surface area contributed by atoms with Crippen LogP contribution in [0.3, 0.4) is 0 Å². The summed E-state index contributed by atoms with van der Waals surface area (Å²) in [5.41, 5.74) is -0.660. The quantitative estimate of drug-likeness (QED) is 0.554. The number of carbonyl (C=O) groups excluding carboxylic acids is 1. The van der Waals surface area contributed by atoms with E-state index in [9.17, 15) is 18.0 Å². The van der Waals surface area contributed by atoms with Crippen LogP contribution < -0.4 is 5.32 Å². The molecule has 0 aliphatic heterocycles. The molecule has 0 spiro atoms. The number of nitrogens with one attached hydrogen (secondary N) is 1. The van der Waals surface area contributed by atoms with Gasteiger partial charge in [-0.2, -0.15) is 4.39 Å². The largest absolute Gasteiger partial charge is 0.503 e. The van der Waals surface area contributed by atoms with Crippen molar-refractivity contribution in [2.24, 2.45) is 0 Å². The number of phenolic OH excluding ortho intramolecular Hbond substituents is 1. The third-order valence-electron chi connectivity index (χ3n) is 2.56. The van der Waals surface area contributed by atoms with Crippen molar-refractivity contribution in [1.82, 2.24) is 0 Å². The molecule has 0 bridgehead atoms. The predicted molar refractivity (Wildman–Crippen MR) is 80.1 cm³/mol. The molecule has 1 amide bonds. The molecule has 0 fully saturated rings. The minimum atomic E-state index is -1.75. The first kappa shape index (κ1) is 15.9. The van der Waals surface area contributed by atoms with Gasteiger partial charge in [-0.05, 0) is 46.9 Å². The van der Waals surface area contributed by atoms with Crippen LogP contribution in [0, 0.1) is 21.0 Å². The third kappa shape index (κ3) is 3.24. The molecular weight excluding hydrogens is 421 g/mol. The number of hydrogen-bond acceptors (Lipinski definition) is 2. The van der Waals surface area contributed by atoms with Crippen molar-refractivity contribution < 1.29 is 23.1 Å². The van der Waals surface area contributed by atoms with Gasteiger partial charge in [0.05, 0.1) is 16.3 Å². The van der Waals surface area contributed by atoms with Gasteiger partial charge in [-0.15, -0.1) is 0 Å². The van der Waals surface area contributed by atoms with Gasteiger partial charge in [0.15, 0.2) is 17.4 Å². The van der Waals surface area contributed by atoms with Gasteiger partial charge < -0.3 is 10.4 Å². The summed E-state index contributed by atoms with van der Waals surface area (Å²) in [4.78, 5) is 11.9. The van der Waals surface area contributed by atoms with Crippen LogP contribution in [0.4, 0.5) is 18.9 Å². The van der Waals surface area contributed by atoms with E-state index in [1.807, 2.05) is 22.6 Å². The molecule has 0 atom stereocenters. The highest BCUT2D eigenvalue weighted by molar-refractivity contribution is 14.1. The Bertz CT molecular complexity index is 740. The van der Waals surface area contributed by atoms with Crippen molar-refractivity contribution in [3.63, 3.8) is 0 Å². The molecule has 2 N–H and O–H groups in total. The summed E-state index contributed by atoms with van der Waals surface area (Å²) in [6.45, 7) is 0. The first-order valence-corrected chi connectivity index (χ1v) is 6.89. The van der Waals surface area contributed by atoms with Crippen molar-refractivity contribution in [2.75, 3.05) is 5.32 Å². The standard InChI is InChI=1S/C13H6ClF3INO2/c14-7-3-5(18)1-2-9(7)19-13(21)6-4-8(15)11(17)12(20)10(6)16/h1-4,20H,(H,19,21). The van der Waals surface area contributed by atoms with E-state index in [1.165, 1.54) is 6.07 Å². The van der Waals surface area contributed by atoms with E-state index < -0.39 is 34.7 Å². The van der Waals surface area contributed by atoms with E-state index in [0.717, 1.165) is 3.57 Å². The smallest absolute Gasteiger partial charge is 0.258 e. The zero-order valence-corrected chi connectivity index (χ0v) is 13.0. The molecule has 0 saturated heterocycles. The highest BCUT2D eigenvalue weighted by Crippen LogP contribution is 2.28. The average Bonchev–Trinajstić information content (AvgIpc) is 2.43. The second-order valence-corrected chi connectivity index (χ2v) is 5.61. The fourth-order valence-electron chi connectivity index (χ4n) is 1.54. The number of anilines is 1. The van der Waals surface area contributed by atoms with Crippen LogP contribution in [0.1, 0.15) is 10.4 Å². The van der Waals surface area contributed by atoms with Gasteiger partial charge >= 0.3 is 0 Å². The first-order valence-electron chi connectivity index (χ1n) is 5.44. The maximum absolute atomic E-state index is 13.6. The lowest BCUT2D eigenvalue weighted by Crippen LogP contribution is -2.15. The van der Waals surface area contributed by atoms with Crippen LogP contribution in [0.2, 0.25) is 5.02 Å². The summed E-state index contributed by atoms with van der Waals surface area (Å²) in [5, 5.41) is 11.5. The SMILES string of the molecule is O=C(Nc1ccc(I)cc1Cl)c1cc(F)c(F)c(O)c1F. The van der Waals surface area contributed by atoms with Gasteiger partial charge in [-0.1, -0.05) is 11.6 Å². The van der Waals surface area contributed by atoms with Gasteiger partial charge in [0.25, 0.3) is 5.91 Å². The summed E-state index contributed by atoms with van der Waals surface area (Å²) < 4.78 is 40.5. The second-order valence-electron chi connectivity index (χ2n) is 3.96. The lowest BCUT2D eigenvalue weighted by molar-refractivity contribution is 0.102. The normalized spacial score (nSPS) is 10.5. The fraction of sp³-hybridized carbons (Fsp3) is 0. The lowest BCUT2D eigenvalue weighted by Gasteiger charge is -2.09. The molecule has 110 valence electrons. The van der Waals surface area contributed by atoms with E-state index in [0.29, 0.717) is 6.07 Å². The molecule has 0 radical (unpaired) electrons. The van der Waals surface area contributed by atoms with Crippen molar-refractivity contribution in [3.8, 4) is 5.75 Å². The average molecular weight is 428 g/mol. The molecule has 2 rings (SSSR count). The van der Waals surface area contributed by atoms with E-state index in [-0.39, 0.29) is 10.7 Å². The highest BCUT2D eigenvalue weighted by atomic mass is 127. The Labute approximate surface area is 135 Å². The van der Waals surface area contributed by atoms with Crippen LogP contribution in [0.25, 0.3) is 0 Å². The number of rotatable bonds is 2. The predicted octanol–water partition coefficient (Wildman–Crippen LogP) is 4.32. The van der Waals surface area contributed by atoms with Gasteiger partial charge in [0, 0.05) is 3.57 Å². The lowest BCUT2D eigenvalue weighted by atomic mass is 10.1. The topological polar surface area (TPSA) is 49.3 Å². The number of carbonyl (C=O) groups is 1. The van der Waals surface area contributed by atoms with Gasteiger partial charge in [0.1, 0.15) is 0 Å². The molecule has 8 heteroatoms. The Hall–Kier alpha value is -1.48. The Morgan fingerprint density at radius 1 is 1.19 bits per heavy atom. The number of benzene rings is 2. The maximum Gasteiger partial charge on any atom is 0.258 e. The van der Waals surface area contributed by atoms with Crippen LogP contribution >= 0.6 is 34.2 Å². The molecule has 0 aliphatic rings. The Kier molecular flexibility index (Phi) is 4.62. The summed E-state index contributed by atoms with van der Waals surface area (Å²) in [7, 11) is 0. The van der Waals surface area contributed by atoms with Gasteiger partial charge in [-0.25, -0.2) is 8.78 Å². The summed E-state index contributed by atoms with van der Waals surface area (Å²) >= 11 is 7.90. The number of amides is 1. The Morgan fingerprint density at radius 3 is 2.48 bits per heavy atom. The molecule has 2 aromatic rings. The van der Waals surface area contributed by atoms with E-state index in [2.05, 4.69) is 5.32 Å². The first-order chi connectivity index (χ1) is 9.81. The van der Waals surface area contributed by atoms with Crippen LogP contribution in [0.5, 0.6) is 5.75 Å². The highest BCUT2D eigenvalue weighted by Gasteiger charge is 2.22. The Morgan fingerprint density at radius 2 is 1.86 bits per heavy atom. The molecule has 3 nitrogen and oxygen atoms in total. The number of halogens is 5. The minimum absolute atomic E-state index is 0.172. The van der Waals surface area contributed by atoms with Crippen LogP contribution in [-0.2, 0) is 0 Å². The fourth-order valence-corrected chi connectivity index (χ4v) is 2.44. The van der Waals surface area contributed by atoms with E-state index >= 15 is 0 Å². The van der Waals surface area contributed by atoms with Crippen molar-refractivity contribution in [1.29, 1.82) is 0 Å². The number of aromatic hydroxyl groups is 1. The van der Waals surface area contributed by atoms with Crippen molar-refractivity contribution in [3.05, 3.63) is 55.9 Å². The van der Waals surface area contributed by atoms with E-state index in [1.54, 1.807) is 12.1 Å². The molecule has 0 unspecified atom stereocenters. The van der Waals surface area contributed by atoms with E-state index in [4.69, 9.17) is 16.7 Å². The second kappa shape index (κ2) is 6.10. The molecule has 21 heavy (non-hydrogen) atoms. The van der Waals surface area contributed by atoms with Gasteiger partial charge in [0.2, 0.25) is 5.82 Å². The van der Waals surface area contributed by atoms with Crippen molar-refractivity contribution in [2.45, 2.75) is 0 Å². The summed E-state index contributed by atoms with van der Waals surface area (Å²) in [6.07, 6.45) is 0. The number of phenols is 1. The summed E-state index contributed by atoms with van der Waals surface area (Å²) in [6, 6.07) is 5.03. The van der Waals surface area contributed by atoms with Crippen LogP contribution in [0.15, 0.2) is 24.3 Å². The van der Waals surface area contributed by atoms with Gasteiger partial charge in [-0.3, -0.25) is 4.79 Å². The Balaban J connectivity index is 2.37. The maximum atomic E-state index is 13.6.